The number of benzene rings is 2. The second kappa shape index (κ2) is 9.99. The summed E-state index contributed by atoms with van der Waals surface area (Å²) in [5, 5.41) is 2.26. The Morgan fingerprint density at radius 2 is 1.84 bits per heavy atom. The van der Waals surface area contributed by atoms with Gasteiger partial charge in [-0.25, -0.2) is 9.69 Å². The molecule has 3 rings (SSSR count). The zero-order chi connectivity index (χ0) is 23.4. The number of carbonyl (C=O) groups excluding carboxylic acids is 3. The van der Waals surface area contributed by atoms with E-state index < -0.39 is 17.8 Å². The van der Waals surface area contributed by atoms with Crippen LogP contribution in [0, 0.1) is 13.8 Å². The lowest BCUT2D eigenvalue weighted by atomic mass is 10.0. The predicted octanol–water partition coefficient (Wildman–Crippen LogP) is 4.92. The number of nitrogens with zero attached hydrogens (tertiary/aromatic N) is 1. The molecule has 0 saturated carbocycles. The Bertz CT molecular complexity index is 1110. The van der Waals surface area contributed by atoms with E-state index in [1.54, 1.807) is 24.3 Å². The number of rotatable bonds is 7. The van der Waals surface area contributed by atoms with Crippen LogP contribution in [-0.4, -0.2) is 31.1 Å². The summed E-state index contributed by atoms with van der Waals surface area (Å²) in [5.74, 6) is -0.384. The van der Waals surface area contributed by atoms with Crippen LogP contribution in [0.25, 0.3) is 6.08 Å². The number of aryl methyl sites for hydroxylation is 1. The summed E-state index contributed by atoms with van der Waals surface area (Å²) in [6.45, 7) is 8.52. The molecule has 1 N–H and O–H groups in total. The van der Waals surface area contributed by atoms with E-state index in [-0.39, 0.29) is 5.57 Å². The number of carbonyl (C=O) groups is 3. The lowest BCUT2D eigenvalue weighted by Crippen LogP contribution is -2.54. The fourth-order valence-corrected chi connectivity index (χ4v) is 3.87. The third kappa shape index (κ3) is 4.70. The molecule has 7 nitrogen and oxygen atoms in total. The van der Waals surface area contributed by atoms with Crippen molar-refractivity contribution in [2.75, 3.05) is 18.1 Å². The van der Waals surface area contributed by atoms with Gasteiger partial charge in [0.25, 0.3) is 11.8 Å². The predicted molar refractivity (Wildman–Crippen MR) is 126 cm³/mol. The summed E-state index contributed by atoms with van der Waals surface area (Å²) in [6, 6.07) is 7.99. The largest absolute Gasteiger partial charge is 0.490 e. The molecular weight excluding hydrogens is 476 g/mol. The smallest absolute Gasteiger partial charge is 0.335 e. The SMILES string of the molecule is CCCOc1c(Br)cc(/C=C2\C(=O)NC(=O)N(c3cccc(C)c3C)C2=O)cc1OCC. The van der Waals surface area contributed by atoms with Crippen LogP contribution in [0.1, 0.15) is 37.0 Å². The first-order valence-electron chi connectivity index (χ1n) is 10.3. The highest BCUT2D eigenvalue weighted by molar-refractivity contribution is 9.10. The van der Waals surface area contributed by atoms with Crippen LogP contribution < -0.4 is 19.7 Å². The highest BCUT2D eigenvalue weighted by Gasteiger charge is 2.37. The number of amides is 4. The lowest BCUT2D eigenvalue weighted by Gasteiger charge is -2.28. The summed E-state index contributed by atoms with van der Waals surface area (Å²) in [5.41, 5.74) is 2.55. The molecule has 1 saturated heterocycles. The van der Waals surface area contributed by atoms with Crippen molar-refractivity contribution in [2.24, 2.45) is 0 Å². The van der Waals surface area contributed by atoms with Crippen LogP contribution in [0.5, 0.6) is 11.5 Å². The van der Waals surface area contributed by atoms with Gasteiger partial charge in [0, 0.05) is 0 Å². The maximum Gasteiger partial charge on any atom is 0.335 e. The number of barbiturate groups is 1. The normalized spacial score (nSPS) is 15.2. The van der Waals surface area contributed by atoms with Gasteiger partial charge >= 0.3 is 6.03 Å². The number of urea groups is 1. The molecule has 2 aromatic carbocycles. The van der Waals surface area contributed by atoms with Gasteiger partial charge in [-0.2, -0.15) is 0 Å². The number of nitrogens with one attached hydrogen (secondary N) is 1. The zero-order valence-electron chi connectivity index (χ0n) is 18.5. The van der Waals surface area contributed by atoms with Crippen molar-refractivity contribution in [2.45, 2.75) is 34.1 Å². The van der Waals surface area contributed by atoms with Gasteiger partial charge in [-0.05, 0) is 84.1 Å². The summed E-state index contributed by atoms with van der Waals surface area (Å²) in [4.78, 5) is 39.3. The molecule has 0 aromatic heterocycles. The number of hydrogen-bond donors (Lipinski definition) is 1. The van der Waals surface area contributed by atoms with E-state index in [0.717, 1.165) is 22.4 Å². The van der Waals surface area contributed by atoms with Gasteiger partial charge in [-0.1, -0.05) is 19.1 Å². The monoisotopic (exact) mass is 500 g/mol. The van der Waals surface area contributed by atoms with Gasteiger partial charge < -0.3 is 9.47 Å². The van der Waals surface area contributed by atoms with Gasteiger partial charge in [0.2, 0.25) is 0 Å². The van der Waals surface area contributed by atoms with Gasteiger partial charge in [0.15, 0.2) is 11.5 Å². The Kier molecular flexibility index (Phi) is 7.35. The Hall–Kier alpha value is -3.13. The summed E-state index contributed by atoms with van der Waals surface area (Å²) in [6.07, 6.45) is 2.28. The number of anilines is 1. The van der Waals surface area contributed by atoms with E-state index in [9.17, 15) is 14.4 Å². The molecule has 1 aliphatic heterocycles. The van der Waals surface area contributed by atoms with E-state index in [4.69, 9.17) is 9.47 Å². The van der Waals surface area contributed by atoms with Gasteiger partial charge in [0.05, 0.1) is 23.4 Å². The average Bonchev–Trinajstić information content (AvgIpc) is 2.73. The summed E-state index contributed by atoms with van der Waals surface area (Å²) < 4.78 is 12.1. The van der Waals surface area contributed by atoms with Crippen molar-refractivity contribution in [3.05, 3.63) is 57.1 Å². The van der Waals surface area contributed by atoms with Gasteiger partial charge in [-0.15, -0.1) is 0 Å². The Balaban J connectivity index is 2.05. The minimum atomic E-state index is -0.773. The first-order valence-corrected chi connectivity index (χ1v) is 11.1. The third-order valence-corrected chi connectivity index (χ3v) is 5.60. The Morgan fingerprint density at radius 1 is 1.09 bits per heavy atom. The zero-order valence-corrected chi connectivity index (χ0v) is 20.0. The highest BCUT2D eigenvalue weighted by atomic mass is 79.9. The van der Waals surface area contributed by atoms with Crippen LogP contribution in [0.4, 0.5) is 10.5 Å². The lowest BCUT2D eigenvalue weighted by molar-refractivity contribution is -0.122. The standard InChI is InChI=1S/C24H25BrN2O5/c1-5-10-32-21-18(25)12-16(13-20(21)31-6-2)11-17-22(28)26-24(30)27(23(17)29)19-9-7-8-14(3)15(19)4/h7-9,11-13H,5-6,10H2,1-4H3,(H,26,28,30)/b17-11+. The van der Waals surface area contributed by atoms with Crippen molar-refractivity contribution in [3.8, 4) is 11.5 Å². The van der Waals surface area contributed by atoms with Crippen molar-refractivity contribution in [3.63, 3.8) is 0 Å². The van der Waals surface area contributed by atoms with E-state index in [2.05, 4.69) is 21.2 Å². The molecule has 0 aliphatic carbocycles. The van der Waals surface area contributed by atoms with Crippen LogP contribution in [0.15, 0.2) is 40.4 Å². The molecule has 1 fully saturated rings. The average molecular weight is 501 g/mol. The number of ether oxygens (including phenoxy) is 2. The third-order valence-electron chi connectivity index (χ3n) is 5.01. The Morgan fingerprint density at radius 3 is 2.53 bits per heavy atom. The molecule has 1 aliphatic rings. The fourth-order valence-electron chi connectivity index (χ4n) is 3.30. The Labute approximate surface area is 195 Å². The van der Waals surface area contributed by atoms with Gasteiger partial charge in [0.1, 0.15) is 5.57 Å². The minimum absolute atomic E-state index is 0.151. The minimum Gasteiger partial charge on any atom is -0.490 e. The van der Waals surface area contributed by atoms with Crippen molar-refractivity contribution < 1.29 is 23.9 Å². The maximum absolute atomic E-state index is 13.2. The van der Waals surface area contributed by atoms with Crippen LogP contribution in [0.3, 0.4) is 0 Å². The topological polar surface area (TPSA) is 84.9 Å². The molecule has 0 radical (unpaired) electrons. The summed E-state index contributed by atoms with van der Waals surface area (Å²) >= 11 is 3.48. The maximum atomic E-state index is 13.2. The van der Waals surface area contributed by atoms with Gasteiger partial charge in [-0.3, -0.25) is 14.9 Å². The number of hydrogen-bond acceptors (Lipinski definition) is 5. The molecule has 168 valence electrons. The van der Waals surface area contributed by atoms with Crippen LogP contribution >= 0.6 is 15.9 Å². The van der Waals surface area contributed by atoms with Crippen molar-refractivity contribution in [1.29, 1.82) is 0 Å². The van der Waals surface area contributed by atoms with Crippen LogP contribution in [-0.2, 0) is 9.59 Å². The van der Waals surface area contributed by atoms with E-state index in [0.29, 0.717) is 40.4 Å². The second-order valence-electron chi connectivity index (χ2n) is 7.29. The number of halogens is 1. The molecule has 2 aromatic rings. The first-order chi connectivity index (χ1) is 15.3. The van der Waals surface area contributed by atoms with Crippen molar-refractivity contribution >= 4 is 45.5 Å². The molecule has 32 heavy (non-hydrogen) atoms. The number of imide groups is 2. The molecular formula is C24H25BrN2O5. The quantitative estimate of drug-likeness (QED) is 0.430. The molecule has 0 unspecified atom stereocenters. The van der Waals surface area contributed by atoms with E-state index >= 15 is 0 Å². The highest BCUT2D eigenvalue weighted by Crippen LogP contribution is 2.38. The second-order valence-corrected chi connectivity index (χ2v) is 8.14. The van der Waals surface area contributed by atoms with Crippen molar-refractivity contribution in [1.82, 2.24) is 5.32 Å². The summed E-state index contributed by atoms with van der Waals surface area (Å²) in [7, 11) is 0. The fraction of sp³-hybridized carbons (Fsp3) is 0.292. The molecule has 0 spiro atoms. The van der Waals surface area contributed by atoms with E-state index in [1.165, 1.54) is 6.08 Å². The molecule has 0 bridgehead atoms. The van der Waals surface area contributed by atoms with E-state index in [1.807, 2.05) is 33.8 Å². The molecule has 4 amide bonds. The molecule has 0 atom stereocenters. The molecule has 8 heteroatoms. The molecule has 1 heterocycles. The first kappa shape index (κ1) is 23.5. The van der Waals surface area contributed by atoms with Crippen LogP contribution in [0.2, 0.25) is 0 Å².